The van der Waals surface area contributed by atoms with Crippen molar-refractivity contribution in [2.24, 2.45) is 5.41 Å². The van der Waals surface area contributed by atoms with Crippen LogP contribution < -0.4 is 5.32 Å². The fraction of sp³-hybridized carbons (Fsp3) is 0.500. The molecule has 0 bridgehead atoms. The molecular formula is C14H19Br2NO2. The maximum Gasteiger partial charge on any atom is 0.255 e. The standard InChI is InChI=1S/C14H19Br2NO2/c1-14(2,6-3-7-15)9-17-13(19)11-5-4-10(16)8-12(11)18/h4-5,8,18H,3,6-7,9H2,1-2H3,(H,17,19). The number of carbonyl (C=O) groups excluding carboxylic acids is 1. The maximum absolute atomic E-state index is 12.0. The van der Waals surface area contributed by atoms with Crippen molar-refractivity contribution in [3.05, 3.63) is 28.2 Å². The van der Waals surface area contributed by atoms with Gasteiger partial charge in [-0.2, -0.15) is 0 Å². The number of benzene rings is 1. The zero-order valence-electron chi connectivity index (χ0n) is 11.2. The highest BCUT2D eigenvalue weighted by atomic mass is 79.9. The Hall–Kier alpha value is -0.550. The van der Waals surface area contributed by atoms with Gasteiger partial charge in [0.2, 0.25) is 0 Å². The van der Waals surface area contributed by atoms with E-state index in [4.69, 9.17) is 0 Å². The van der Waals surface area contributed by atoms with Gasteiger partial charge in [0.25, 0.3) is 5.91 Å². The quantitative estimate of drug-likeness (QED) is 0.716. The molecule has 0 heterocycles. The molecule has 0 aliphatic carbocycles. The zero-order chi connectivity index (χ0) is 14.5. The van der Waals surface area contributed by atoms with Crippen LogP contribution in [0.15, 0.2) is 22.7 Å². The topological polar surface area (TPSA) is 49.3 Å². The molecule has 3 nitrogen and oxygen atoms in total. The Morgan fingerprint density at radius 1 is 1.42 bits per heavy atom. The Kier molecular flexibility index (Phi) is 6.33. The summed E-state index contributed by atoms with van der Waals surface area (Å²) in [6, 6.07) is 4.87. The first-order valence-electron chi connectivity index (χ1n) is 6.18. The Morgan fingerprint density at radius 3 is 2.68 bits per heavy atom. The number of carbonyl (C=O) groups is 1. The van der Waals surface area contributed by atoms with Crippen LogP contribution in [0, 0.1) is 5.41 Å². The normalized spacial score (nSPS) is 11.4. The van der Waals surface area contributed by atoms with Crippen molar-refractivity contribution in [1.29, 1.82) is 0 Å². The molecule has 1 rings (SSSR count). The summed E-state index contributed by atoms with van der Waals surface area (Å²) in [6.45, 7) is 4.84. The van der Waals surface area contributed by atoms with E-state index in [1.54, 1.807) is 12.1 Å². The molecule has 1 aromatic rings. The molecule has 0 aliphatic rings. The van der Waals surface area contributed by atoms with Crippen LogP contribution in [-0.4, -0.2) is 22.9 Å². The van der Waals surface area contributed by atoms with E-state index in [2.05, 4.69) is 51.0 Å². The third kappa shape index (κ3) is 5.53. The predicted octanol–water partition coefficient (Wildman–Crippen LogP) is 4.09. The number of hydrogen-bond donors (Lipinski definition) is 2. The minimum Gasteiger partial charge on any atom is -0.507 e. The van der Waals surface area contributed by atoms with Gasteiger partial charge in [0.05, 0.1) is 5.56 Å². The molecule has 0 aromatic heterocycles. The average molecular weight is 393 g/mol. The van der Waals surface area contributed by atoms with Crippen molar-refractivity contribution in [1.82, 2.24) is 5.32 Å². The van der Waals surface area contributed by atoms with E-state index in [0.717, 1.165) is 22.6 Å². The third-order valence-corrected chi connectivity index (χ3v) is 3.97. The van der Waals surface area contributed by atoms with Crippen LogP contribution in [0.4, 0.5) is 0 Å². The summed E-state index contributed by atoms with van der Waals surface area (Å²) in [7, 11) is 0. The summed E-state index contributed by atoms with van der Waals surface area (Å²) in [5.74, 6) is -0.248. The molecule has 0 atom stereocenters. The minimum absolute atomic E-state index is 0.00913. The summed E-state index contributed by atoms with van der Waals surface area (Å²) < 4.78 is 0.749. The van der Waals surface area contributed by atoms with Gasteiger partial charge in [0.1, 0.15) is 5.75 Å². The first-order valence-corrected chi connectivity index (χ1v) is 8.10. The molecule has 2 N–H and O–H groups in total. The van der Waals surface area contributed by atoms with Gasteiger partial charge in [0.15, 0.2) is 0 Å². The molecule has 0 aliphatic heterocycles. The molecule has 0 radical (unpaired) electrons. The maximum atomic E-state index is 12.0. The molecule has 19 heavy (non-hydrogen) atoms. The van der Waals surface area contributed by atoms with Gasteiger partial charge in [0, 0.05) is 16.3 Å². The van der Waals surface area contributed by atoms with E-state index in [1.807, 2.05) is 0 Å². The zero-order valence-corrected chi connectivity index (χ0v) is 14.3. The first-order chi connectivity index (χ1) is 8.85. The van der Waals surface area contributed by atoms with E-state index in [1.165, 1.54) is 6.07 Å². The molecule has 0 saturated heterocycles. The molecule has 1 amide bonds. The highest BCUT2D eigenvalue weighted by Crippen LogP contribution is 2.24. The van der Waals surface area contributed by atoms with Gasteiger partial charge in [-0.15, -0.1) is 0 Å². The van der Waals surface area contributed by atoms with Crippen LogP contribution in [0.5, 0.6) is 5.75 Å². The van der Waals surface area contributed by atoms with Crippen LogP contribution in [0.3, 0.4) is 0 Å². The SMILES string of the molecule is CC(C)(CCCBr)CNC(=O)c1ccc(Br)cc1O. The smallest absolute Gasteiger partial charge is 0.255 e. The lowest BCUT2D eigenvalue weighted by Gasteiger charge is -2.24. The average Bonchev–Trinajstić information content (AvgIpc) is 2.34. The summed E-state index contributed by atoms with van der Waals surface area (Å²) in [4.78, 5) is 12.0. The van der Waals surface area contributed by atoms with E-state index >= 15 is 0 Å². The summed E-state index contributed by atoms with van der Waals surface area (Å²) in [5, 5.41) is 13.6. The van der Waals surface area contributed by atoms with Crippen molar-refractivity contribution < 1.29 is 9.90 Å². The Morgan fingerprint density at radius 2 is 2.11 bits per heavy atom. The lowest BCUT2D eigenvalue weighted by atomic mass is 9.88. The number of phenolic OH excluding ortho intramolecular Hbond substituents is 1. The van der Waals surface area contributed by atoms with Gasteiger partial charge in [-0.05, 0) is 36.5 Å². The van der Waals surface area contributed by atoms with Gasteiger partial charge in [-0.1, -0.05) is 45.7 Å². The van der Waals surface area contributed by atoms with Gasteiger partial charge >= 0.3 is 0 Å². The van der Waals surface area contributed by atoms with Crippen LogP contribution in [-0.2, 0) is 0 Å². The minimum atomic E-state index is -0.239. The highest BCUT2D eigenvalue weighted by Gasteiger charge is 2.19. The number of rotatable bonds is 6. The molecule has 0 unspecified atom stereocenters. The van der Waals surface area contributed by atoms with Gasteiger partial charge in [-0.25, -0.2) is 0 Å². The number of amides is 1. The fourth-order valence-electron chi connectivity index (χ4n) is 1.75. The van der Waals surface area contributed by atoms with Crippen LogP contribution in [0.25, 0.3) is 0 Å². The summed E-state index contributed by atoms with van der Waals surface area (Å²) in [5.41, 5.74) is 0.355. The number of alkyl halides is 1. The molecule has 1 aromatic carbocycles. The van der Waals surface area contributed by atoms with Gasteiger partial charge in [-0.3, -0.25) is 4.79 Å². The van der Waals surface area contributed by atoms with Crippen LogP contribution in [0.2, 0.25) is 0 Å². The Bertz CT molecular complexity index is 447. The number of phenols is 1. The largest absolute Gasteiger partial charge is 0.507 e. The second-order valence-electron chi connectivity index (χ2n) is 5.30. The molecule has 0 saturated carbocycles. The molecule has 0 spiro atoms. The van der Waals surface area contributed by atoms with Crippen LogP contribution >= 0.6 is 31.9 Å². The number of aromatic hydroxyl groups is 1. The van der Waals surface area contributed by atoms with Gasteiger partial charge < -0.3 is 10.4 Å². The van der Waals surface area contributed by atoms with E-state index in [0.29, 0.717) is 12.1 Å². The van der Waals surface area contributed by atoms with Crippen LogP contribution in [0.1, 0.15) is 37.0 Å². The molecule has 0 fully saturated rings. The van der Waals surface area contributed by atoms with E-state index in [9.17, 15) is 9.90 Å². The number of hydrogen-bond acceptors (Lipinski definition) is 2. The third-order valence-electron chi connectivity index (χ3n) is 2.92. The summed E-state index contributed by atoms with van der Waals surface area (Å²) >= 11 is 6.66. The molecular weight excluding hydrogens is 374 g/mol. The Balaban J connectivity index is 2.60. The second-order valence-corrected chi connectivity index (χ2v) is 7.01. The van der Waals surface area contributed by atoms with Crippen molar-refractivity contribution in [2.75, 3.05) is 11.9 Å². The van der Waals surface area contributed by atoms with E-state index in [-0.39, 0.29) is 17.1 Å². The first kappa shape index (κ1) is 16.5. The number of nitrogens with one attached hydrogen (secondary N) is 1. The van der Waals surface area contributed by atoms with Crippen molar-refractivity contribution in [2.45, 2.75) is 26.7 Å². The van der Waals surface area contributed by atoms with Crippen molar-refractivity contribution >= 4 is 37.8 Å². The van der Waals surface area contributed by atoms with E-state index < -0.39 is 0 Å². The second kappa shape index (κ2) is 7.29. The monoisotopic (exact) mass is 391 g/mol. The van der Waals surface area contributed by atoms with Crippen molar-refractivity contribution in [3.8, 4) is 5.75 Å². The molecule has 106 valence electrons. The lowest BCUT2D eigenvalue weighted by Crippen LogP contribution is -2.34. The lowest BCUT2D eigenvalue weighted by molar-refractivity contribution is 0.0932. The summed E-state index contributed by atoms with van der Waals surface area (Å²) in [6.07, 6.45) is 2.11. The highest BCUT2D eigenvalue weighted by molar-refractivity contribution is 9.10. The fourth-order valence-corrected chi connectivity index (χ4v) is 2.37. The van der Waals surface area contributed by atoms with Crippen molar-refractivity contribution in [3.63, 3.8) is 0 Å². The number of halogens is 2. The Labute approximate surface area is 131 Å². The predicted molar refractivity (Wildman–Crippen MR) is 84.9 cm³/mol. The molecule has 5 heteroatoms.